The number of rotatable bonds is 4. The van der Waals surface area contributed by atoms with Crippen LogP contribution in [0.25, 0.3) is 0 Å². The van der Waals surface area contributed by atoms with Crippen molar-refractivity contribution in [2.45, 2.75) is 25.8 Å². The summed E-state index contributed by atoms with van der Waals surface area (Å²) in [5, 5.41) is 5.95. The van der Waals surface area contributed by atoms with Gasteiger partial charge < -0.3 is 15.5 Å². The number of nitrogens with zero attached hydrogens (tertiary/aromatic N) is 1. The van der Waals surface area contributed by atoms with Crippen LogP contribution in [0.15, 0.2) is 24.3 Å². The minimum atomic E-state index is -0.0203. The third-order valence-electron chi connectivity index (χ3n) is 3.90. The SMILES string of the molecule is CNCC(=O)N1CCC(NC(=O)c2ccccc2C)CC1. The zero-order valence-electron chi connectivity index (χ0n) is 12.7. The first-order valence-corrected chi connectivity index (χ1v) is 7.40. The van der Waals surface area contributed by atoms with Gasteiger partial charge in [0.05, 0.1) is 6.54 Å². The molecule has 1 aromatic carbocycles. The molecule has 2 N–H and O–H groups in total. The highest BCUT2D eigenvalue weighted by atomic mass is 16.2. The fraction of sp³-hybridized carbons (Fsp3) is 0.500. The van der Waals surface area contributed by atoms with Gasteiger partial charge in [0, 0.05) is 24.7 Å². The molecular weight excluding hydrogens is 266 g/mol. The smallest absolute Gasteiger partial charge is 0.251 e. The number of carbonyl (C=O) groups excluding carboxylic acids is 2. The fourth-order valence-corrected chi connectivity index (χ4v) is 2.63. The maximum atomic E-state index is 12.2. The van der Waals surface area contributed by atoms with Crippen molar-refractivity contribution in [3.05, 3.63) is 35.4 Å². The van der Waals surface area contributed by atoms with Crippen LogP contribution in [0.1, 0.15) is 28.8 Å². The third-order valence-corrected chi connectivity index (χ3v) is 3.90. The van der Waals surface area contributed by atoms with Crippen molar-refractivity contribution in [1.82, 2.24) is 15.5 Å². The average molecular weight is 289 g/mol. The molecule has 0 bridgehead atoms. The monoisotopic (exact) mass is 289 g/mol. The Kier molecular flexibility index (Phi) is 5.33. The summed E-state index contributed by atoms with van der Waals surface area (Å²) in [6, 6.07) is 7.74. The fourth-order valence-electron chi connectivity index (χ4n) is 2.63. The van der Waals surface area contributed by atoms with Gasteiger partial charge in [-0.25, -0.2) is 0 Å². The molecule has 0 spiro atoms. The highest BCUT2D eigenvalue weighted by Crippen LogP contribution is 2.13. The molecule has 1 fully saturated rings. The van der Waals surface area contributed by atoms with E-state index in [-0.39, 0.29) is 17.9 Å². The van der Waals surface area contributed by atoms with E-state index in [0.717, 1.165) is 24.0 Å². The zero-order chi connectivity index (χ0) is 15.2. The van der Waals surface area contributed by atoms with E-state index in [2.05, 4.69) is 10.6 Å². The lowest BCUT2D eigenvalue weighted by Crippen LogP contribution is -2.48. The van der Waals surface area contributed by atoms with Crippen molar-refractivity contribution in [1.29, 1.82) is 0 Å². The van der Waals surface area contributed by atoms with E-state index in [0.29, 0.717) is 19.6 Å². The first-order valence-electron chi connectivity index (χ1n) is 7.40. The molecule has 1 aliphatic heterocycles. The van der Waals surface area contributed by atoms with Crippen LogP contribution in [-0.4, -0.2) is 49.4 Å². The number of carbonyl (C=O) groups is 2. The van der Waals surface area contributed by atoms with Crippen molar-refractivity contribution < 1.29 is 9.59 Å². The zero-order valence-corrected chi connectivity index (χ0v) is 12.7. The number of nitrogens with one attached hydrogen (secondary N) is 2. The van der Waals surface area contributed by atoms with Gasteiger partial charge in [0.1, 0.15) is 0 Å². The van der Waals surface area contributed by atoms with Gasteiger partial charge in [-0.1, -0.05) is 18.2 Å². The molecule has 5 nitrogen and oxygen atoms in total. The number of likely N-dealkylation sites (tertiary alicyclic amines) is 1. The first-order chi connectivity index (χ1) is 10.1. The Morgan fingerprint density at radius 2 is 1.90 bits per heavy atom. The minimum absolute atomic E-state index is 0.0203. The second-order valence-electron chi connectivity index (χ2n) is 5.47. The lowest BCUT2D eigenvalue weighted by Gasteiger charge is -2.32. The number of amides is 2. The van der Waals surface area contributed by atoms with E-state index in [9.17, 15) is 9.59 Å². The summed E-state index contributed by atoms with van der Waals surface area (Å²) in [7, 11) is 1.77. The van der Waals surface area contributed by atoms with Crippen LogP contribution in [0, 0.1) is 6.92 Å². The Bertz CT molecular complexity index is 508. The summed E-state index contributed by atoms with van der Waals surface area (Å²) in [5.74, 6) is 0.106. The van der Waals surface area contributed by atoms with E-state index < -0.39 is 0 Å². The van der Waals surface area contributed by atoms with Gasteiger partial charge in [0.15, 0.2) is 0 Å². The van der Waals surface area contributed by atoms with E-state index in [4.69, 9.17) is 0 Å². The Balaban J connectivity index is 1.85. The molecule has 114 valence electrons. The van der Waals surface area contributed by atoms with Crippen LogP contribution in [-0.2, 0) is 4.79 Å². The van der Waals surface area contributed by atoms with Crippen LogP contribution in [0.4, 0.5) is 0 Å². The van der Waals surface area contributed by atoms with Gasteiger partial charge in [-0.15, -0.1) is 0 Å². The van der Waals surface area contributed by atoms with E-state index in [1.54, 1.807) is 7.05 Å². The van der Waals surface area contributed by atoms with Crippen molar-refractivity contribution in [3.63, 3.8) is 0 Å². The average Bonchev–Trinajstić information content (AvgIpc) is 2.48. The summed E-state index contributed by atoms with van der Waals surface area (Å²) >= 11 is 0. The van der Waals surface area contributed by atoms with E-state index >= 15 is 0 Å². The first kappa shape index (κ1) is 15.5. The molecule has 2 amide bonds. The minimum Gasteiger partial charge on any atom is -0.349 e. The number of aryl methyl sites for hydroxylation is 1. The Morgan fingerprint density at radius 3 is 2.52 bits per heavy atom. The van der Waals surface area contributed by atoms with Crippen molar-refractivity contribution in [3.8, 4) is 0 Å². The number of hydrogen-bond donors (Lipinski definition) is 2. The van der Waals surface area contributed by atoms with E-state index in [1.807, 2.05) is 36.1 Å². The van der Waals surface area contributed by atoms with Crippen molar-refractivity contribution >= 4 is 11.8 Å². The van der Waals surface area contributed by atoms with Crippen molar-refractivity contribution in [2.75, 3.05) is 26.7 Å². The molecular formula is C16H23N3O2. The van der Waals surface area contributed by atoms with Crippen LogP contribution < -0.4 is 10.6 Å². The van der Waals surface area contributed by atoms with Gasteiger partial charge in [0.25, 0.3) is 5.91 Å². The molecule has 0 unspecified atom stereocenters. The Hall–Kier alpha value is -1.88. The van der Waals surface area contributed by atoms with Gasteiger partial charge in [-0.2, -0.15) is 0 Å². The molecule has 0 radical (unpaired) electrons. The van der Waals surface area contributed by atoms with Gasteiger partial charge >= 0.3 is 0 Å². The van der Waals surface area contributed by atoms with Gasteiger partial charge in [-0.05, 0) is 38.4 Å². The second-order valence-corrected chi connectivity index (χ2v) is 5.47. The number of benzene rings is 1. The number of piperidine rings is 1. The number of likely N-dealkylation sites (N-methyl/N-ethyl adjacent to an activating group) is 1. The predicted octanol–water partition coefficient (Wildman–Crippen LogP) is 0.935. The summed E-state index contributed by atoms with van der Waals surface area (Å²) < 4.78 is 0. The van der Waals surface area contributed by atoms with Gasteiger partial charge in [-0.3, -0.25) is 9.59 Å². The highest BCUT2D eigenvalue weighted by Gasteiger charge is 2.23. The quantitative estimate of drug-likeness (QED) is 0.867. The summed E-state index contributed by atoms with van der Waals surface area (Å²) in [6.07, 6.45) is 1.63. The second kappa shape index (κ2) is 7.22. The molecule has 0 saturated carbocycles. The van der Waals surface area contributed by atoms with Crippen LogP contribution in [0.2, 0.25) is 0 Å². The molecule has 1 aliphatic rings. The Morgan fingerprint density at radius 1 is 1.24 bits per heavy atom. The largest absolute Gasteiger partial charge is 0.349 e. The summed E-state index contributed by atoms with van der Waals surface area (Å²) in [4.78, 5) is 25.9. The molecule has 1 heterocycles. The van der Waals surface area contributed by atoms with Crippen molar-refractivity contribution in [2.24, 2.45) is 0 Å². The maximum Gasteiger partial charge on any atom is 0.251 e. The van der Waals surface area contributed by atoms with Crippen LogP contribution in [0.3, 0.4) is 0 Å². The molecule has 1 saturated heterocycles. The maximum absolute atomic E-state index is 12.2. The molecule has 2 rings (SSSR count). The van der Waals surface area contributed by atoms with Gasteiger partial charge in [0.2, 0.25) is 5.91 Å². The third kappa shape index (κ3) is 4.04. The van der Waals surface area contributed by atoms with Crippen LogP contribution >= 0.6 is 0 Å². The lowest BCUT2D eigenvalue weighted by molar-refractivity contribution is -0.131. The molecule has 0 atom stereocenters. The van der Waals surface area contributed by atoms with Crippen LogP contribution in [0.5, 0.6) is 0 Å². The molecule has 21 heavy (non-hydrogen) atoms. The molecule has 5 heteroatoms. The molecule has 0 aliphatic carbocycles. The lowest BCUT2D eigenvalue weighted by atomic mass is 10.0. The molecule has 1 aromatic rings. The summed E-state index contributed by atoms with van der Waals surface area (Å²) in [5.41, 5.74) is 1.71. The predicted molar refractivity (Wildman–Crippen MR) is 82.2 cm³/mol. The normalized spacial score (nSPS) is 15.8. The molecule has 0 aromatic heterocycles. The standard InChI is InChI=1S/C16H23N3O2/c1-12-5-3-4-6-14(12)16(21)18-13-7-9-19(10-8-13)15(20)11-17-2/h3-6,13,17H,7-11H2,1-2H3,(H,18,21). The van der Waals surface area contributed by atoms with E-state index in [1.165, 1.54) is 0 Å². The summed E-state index contributed by atoms with van der Waals surface area (Å²) in [6.45, 7) is 3.73. The Labute approximate surface area is 125 Å². The highest BCUT2D eigenvalue weighted by molar-refractivity contribution is 5.95. The number of hydrogen-bond acceptors (Lipinski definition) is 3. The topological polar surface area (TPSA) is 61.4 Å².